The Morgan fingerprint density at radius 3 is 2.37 bits per heavy atom. The van der Waals surface area contributed by atoms with Crippen LogP contribution in [0.3, 0.4) is 0 Å². The Bertz CT molecular complexity index is 505. The molecule has 0 aromatic heterocycles. The van der Waals surface area contributed by atoms with Gasteiger partial charge in [-0.3, -0.25) is 0 Å². The predicted octanol–water partition coefficient (Wildman–Crippen LogP) is 5.32. The molecule has 2 aromatic rings. The molecule has 0 aliphatic rings. The standard InChI is InChI=1S/C17H21NS/c1-3-7-14-10-12-16(13-11-14)19-18-17-9-6-5-8-15(17)4-2/h5-6,8-13,18H,3-4,7H2,1-2H3. The quantitative estimate of drug-likeness (QED) is 0.713. The smallest absolute Gasteiger partial charge is 0.0475 e. The van der Waals surface area contributed by atoms with Gasteiger partial charge in [-0.2, -0.15) is 0 Å². The van der Waals surface area contributed by atoms with Crippen LogP contribution >= 0.6 is 11.9 Å². The summed E-state index contributed by atoms with van der Waals surface area (Å²) in [4.78, 5) is 1.26. The van der Waals surface area contributed by atoms with Crippen LogP contribution in [0.25, 0.3) is 0 Å². The molecule has 0 fully saturated rings. The fraction of sp³-hybridized carbons (Fsp3) is 0.294. The first-order valence-electron chi connectivity index (χ1n) is 6.93. The van der Waals surface area contributed by atoms with E-state index in [2.05, 4.69) is 67.1 Å². The molecule has 100 valence electrons. The molecule has 2 heteroatoms. The molecule has 0 aliphatic heterocycles. The first-order valence-corrected chi connectivity index (χ1v) is 7.74. The summed E-state index contributed by atoms with van der Waals surface area (Å²) in [5.74, 6) is 0. The monoisotopic (exact) mass is 271 g/mol. The lowest BCUT2D eigenvalue weighted by Gasteiger charge is -2.10. The molecule has 0 amide bonds. The minimum Gasteiger partial charge on any atom is -0.325 e. The van der Waals surface area contributed by atoms with Gasteiger partial charge < -0.3 is 4.72 Å². The third-order valence-corrected chi connectivity index (χ3v) is 3.97. The average Bonchev–Trinajstić information content (AvgIpc) is 2.47. The van der Waals surface area contributed by atoms with Gasteiger partial charge in [0.25, 0.3) is 0 Å². The van der Waals surface area contributed by atoms with Crippen LogP contribution < -0.4 is 4.72 Å². The lowest BCUT2D eigenvalue weighted by Crippen LogP contribution is -1.92. The Balaban J connectivity index is 1.98. The van der Waals surface area contributed by atoms with Crippen LogP contribution in [-0.2, 0) is 12.8 Å². The zero-order valence-corrected chi connectivity index (χ0v) is 12.5. The van der Waals surface area contributed by atoms with E-state index in [0.717, 1.165) is 12.8 Å². The van der Waals surface area contributed by atoms with E-state index >= 15 is 0 Å². The SMILES string of the molecule is CCCc1ccc(SNc2ccccc2CC)cc1. The molecule has 19 heavy (non-hydrogen) atoms. The van der Waals surface area contributed by atoms with Crippen LogP contribution in [-0.4, -0.2) is 0 Å². The van der Waals surface area contributed by atoms with Crippen molar-refractivity contribution in [1.29, 1.82) is 0 Å². The van der Waals surface area contributed by atoms with Gasteiger partial charge in [0, 0.05) is 10.6 Å². The van der Waals surface area contributed by atoms with Gasteiger partial charge >= 0.3 is 0 Å². The van der Waals surface area contributed by atoms with Gasteiger partial charge in [-0.15, -0.1) is 0 Å². The van der Waals surface area contributed by atoms with E-state index in [0.29, 0.717) is 0 Å². The molecular formula is C17H21NS. The van der Waals surface area contributed by atoms with E-state index in [9.17, 15) is 0 Å². The third kappa shape index (κ3) is 4.03. The van der Waals surface area contributed by atoms with Crippen molar-refractivity contribution in [3.05, 3.63) is 59.7 Å². The van der Waals surface area contributed by atoms with Crippen molar-refractivity contribution < 1.29 is 0 Å². The fourth-order valence-corrected chi connectivity index (χ4v) is 2.75. The van der Waals surface area contributed by atoms with Crippen molar-refractivity contribution in [3.63, 3.8) is 0 Å². The van der Waals surface area contributed by atoms with Crippen molar-refractivity contribution >= 4 is 17.6 Å². The Kier molecular flexibility index (Phi) is 5.34. The largest absolute Gasteiger partial charge is 0.325 e. The van der Waals surface area contributed by atoms with Crippen LogP contribution in [0.15, 0.2) is 53.4 Å². The molecule has 1 N–H and O–H groups in total. The number of hydrogen-bond donors (Lipinski definition) is 1. The van der Waals surface area contributed by atoms with Crippen LogP contribution in [0, 0.1) is 0 Å². The van der Waals surface area contributed by atoms with Crippen LogP contribution in [0.2, 0.25) is 0 Å². The summed E-state index contributed by atoms with van der Waals surface area (Å²) < 4.78 is 3.45. The van der Waals surface area contributed by atoms with E-state index in [1.807, 2.05) is 0 Å². The number of aryl methyl sites for hydroxylation is 2. The fourth-order valence-electron chi connectivity index (χ4n) is 2.05. The Labute approximate surface area is 120 Å². The van der Waals surface area contributed by atoms with Gasteiger partial charge in [0.1, 0.15) is 0 Å². The molecule has 0 spiro atoms. The molecule has 0 bridgehead atoms. The third-order valence-electron chi connectivity index (χ3n) is 3.14. The van der Waals surface area contributed by atoms with E-state index in [1.165, 1.54) is 28.1 Å². The molecule has 2 aromatic carbocycles. The second-order valence-electron chi connectivity index (χ2n) is 4.61. The highest BCUT2D eigenvalue weighted by atomic mass is 32.2. The zero-order valence-electron chi connectivity index (χ0n) is 11.6. The summed E-state index contributed by atoms with van der Waals surface area (Å²) in [6.07, 6.45) is 3.42. The van der Waals surface area contributed by atoms with E-state index in [4.69, 9.17) is 0 Å². The van der Waals surface area contributed by atoms with Gasteiger partial charge in [-0.05, 0) is 54.1 Å². The summed E-state index contributed by atoms with van der Waals surface area (Å²) >= 11 is 1.68. The van der Waals surface area contributed by atoms with Crippen molar-refractivity contribution in [2.24, 2.45) is 0 Å². The molecule has 0 radical (unpaired) electrons. The summed E-state index contributed by atoms with van der Waals surface area (Å²) in [5.41, 5.74) is 3.99. The van der Waals surface area contributed by atoms with E-state index < -0.39 is 0 Å². The second-order valence-corrected chi connectivity index (χ2v) is 5.49. The molecular weight excluding hydrogens is 250 g/mol. The molecule has 0 saturated carbocycles. The molecule has 2 rings (SSSR count). The van der Waals surface area contributed by atoms with Gasteiger partial charge in [0.15, 0.2) is 0 Å². The van der Waals surface area contributed by atoms with Crippen molar-refractivity contribution in [2.75, 3.05) is 4.72 Å². The van der Waals surface area contributed by atoms with Crippen LogP contribution in [0.5, 0.6) is 0 Å². The number of rotatable bonds is 6. The van der Waals surface area contributed by atoms with Crippen LogP contribution in [0.1, 0.15) is 31.4 Å². The van der Waals surface area contributed by atoms with Gasteiger partial charge in [-0.25, -0.2) is 0 Å². The Morgan fingerprint density at radius 2 is 1.68 bits per heavy atom. The van der Waals surface area contributed by atoms with Crippen molar-refractivity contribution in [1.82, 2.24) is 0 Å². The minimum absolute atomic E-state index is 1.05. The Hall–Kier alpha value is -1.41. The van der Waals surface area contributed by atoms with E-state index in [-0.39, 0.29) is 0 Å². The van der Waals surface area contributed by atoms with Gasteiger partial charge in [0.05, 0.1) is 0 Å². The first kappa shape index (κ1) is 14.0. The minimum atomic E-state index is 1.05. The highest BCUT2D eigenvalue weighted by Gasteiger charge is 2.00. The first-order chi connectivity index (χ1) is 9.33. The van der Waals surface area contributed by atoms with Gasteiger partial charge in [-0.1, -0.05) is 50.6 Å². The summed E-state index contributed by atoms with van der Waals surface area (Å²) in [6, 6.07) is 17.3. The molecule has 0 saturated heterocycles. The maximum atomic E-state index is 3.45. The van der Waals surface area contributed by atoms with Gasteiger partial charge in [0.2, 0.25) is 0 Å². The number of anilines is 1. The summed E-state index contributed by atoms with van der Waals surface area (Å²) in [5, 5.41) is 0. The molecule has 0 atom stereocenters. The lowest BCUT2D eigenvalue weighted by molar-refractivity contribution is 0.920. The number of benzene rings is 2. The number of hydrogen-bond acceptors (Lipinski definition) is 2. The number of nitrogens with one attached hydrogen (secondary N) is 1. The maximum absolute atomic E-state index is 3.45. The molecule has 0 aliphatic carbocycles. The highest BCUT2D eigenvalue weighted by Crippen LogP contribution is 2.24. The second kappa shape index (κ2) is 7.25. The lowest BCUT2D eigenvalue weighted by atomic mass is 10.1. The topological polar surface area (TPSA) is 12.0 Å². The van der Waals surface area contributed by atoms with Crippen LogP contribution in [0.4, 0.5) is 5.69 Å². The summed E-state index contributed by atoms with van der Waals surface area (Å²) in [6.45, 7) is 4.40. The summed E-state index contributed by atoms with van der Waals surface area (Å²) in [7, 11) is 0. The highest BCUT2D eigenvalue weighted by molar-refractivity contribution is 8.00. The normalized spacial score (nSPS) is 10.4. The zero-order chi connectivity index (χ0) is 13.5. The maximum Gasteiger partial charge on any atom is 0.0475 e. The van der Waals surface area contributed by atoms with Crippen molar-refractivity contribution in [3.8, 4) is 0 Å². The average molecular weight is 271 g/mol. The molecule has 0 heterocycles. The van der Waals surface area contributed by atoms with Crippen molar-refractivity contribution in [2.45, 2.75) is 38.0 Å². The molecule has 1 nitrogen and oxygen atoms in total. The molecule has 0 unspecified atom stereocenters. The number of para-hydroxylation sites is 1. The van der Waals surface area contributed by atoms with E-state index in [1.54, 1.807) is 11.9 Å². The predicted molar refractivity (Wildman–Crippen MR) is 85.7 cm³/mol. The Morgan fingerprint density at radius 1 is 0.947 bits per heavy atom.